The van der Waals surface area contributed by atoms with Crippen LogP contribution < -0.4 is 10.6 Å². The molecule has 7 heteroatoms. The van der Waals surface area contributed by atoms with Gasteiger partial charge in [0.2, 0.25) is 5.91 Å². The fraction of sp³-hybridized carbons (Fsp3) is 0.450. The number of pyridine rings is 1. The van der Waals surface area contributed by atoms with Gasteiger partial charge in [-0.25, -0.2) is 0 Å². The molecular formula is C20H26N4O3. The number of likely N-dealkylation sites (N-methyl/N-ethyl adjacent to an activating group) is 1. The van der Waals surface area contributed by atoms with E-state index in [2.05, 4.69) is 20.5 Å². The number of nitrogens with one attached hydrogen (secondary N) is 2. The first-order valence-electron chi connectivity index (χ1n) is 9.29. The van der Waals surface area contributed by atoms with Crippen LogP contribution in [0, 0.1) is 0 Å². The first-order valence-corrected chi connectivity index (χ1v) is 9.29. The maximum absolute atomic E-state index is 12.9. The summed E-state index contributed by atoms with van der Waals surface area (Å²) >= 11 is 0. The van der Waals surface area contributed by atoms with E-state index in [0.29, 0.717) is 38.2 Å². The first-order chi connectivity index (χ1) is 13.1. The molecule has 2 aromatic rings. The Kier molecular flexibility index (Phi) is 6.36. The van der Waals surface area contributed by atoms with E-state index in [1.54, 1.807) is 19.4 Å². The molecule has 0 unspecified atom stereocenters. The van der Waals surface area contributed by atoms with Crippen molar-refractivity contribution in [2.24, 2.45) is 0 Å². The largest absolute Gasteiger partial charge is 0.383 e. The van der Waals surface area contributed by atoms with Gasteiger partial charge in [0.15, 0.2) is 0 Å². The van der Waals surface area contributed by atoms with E-state index in [1.807, 2.05) is 31.2 Å². The molecule has 2 amide bonds. The monoisotopic (exact) mass is 370 g/mol. The fourth-order valence-corrected chi connectivity index (χ4v) is 3.59. The lowest BCUT2D eigenvalue weighted by Crippen LogP contribution is -2.44. The van der Waals surface area contributed by atoms with E-state index in [1.165, 1.54) is 0 Å². The predicted molar refractivity (Wildman–Crippen MR) is 104 cm³/mol. The lowest BCUT2D eigenvalue weighted by molar-refractivity contribution is -0.125. The topological polar surface area (TPSA) is 83.6 Å². The van der Waals surface area contributed by atoms with Crippen LogP contribution in [0.15, 0.2) is 36.5 Å². The van der Waals surface area contributed by atoms with Crippen molar-refractivity contribution >= 4 is 22.7 Å². The molecule has 0 bridgehead atoms. The number of aromatic nitrogens is 1. The maximum atomic E-state index is 12.9. The smallest absolute Gasteiger partial charge is 0.252 e. The zero-order valence-electron chi connectivity index (χ0n) is 15.8. The molecule has 144 valence electrons. The number of hydrogen-bond donors (Lipinski definition) is 2. The third-order valence-electron chi connectivity index (χ3n) is 4.87. The molecule has 0 spiro atoms. The molecule has 1 fully saturated rings. The van der Waals surface area contributed by atoms with Crippen LogP contribution in [0.2, 0.25) is 0 Å². The Morgan fingerprint density at radius 2 is 2.11 bits per heavy atom. The summed E-state index contributed by atoms with van der Waals surface area (Å²) in [6.07, 6.45) is 2.23. The average molecular weight is 370 g/mol. The van der Waals surface area contributed by atoms with E-state index in [9.17, 15) is 9.59 Å². The van der Waals surface area contributed by atoms with Crippen molar-refractivity contribution in [3.63, 3.8) is 0 Å². The summed E-state index contributed by atoms with van der Waals surface area (Å²) in [5.41, 5.74) is 1.39. The highest BCUT2D eigenvalue weighted by atomic mass is 16.5. The highest BCUT2D eigenvalue weighted by Crippen LogP contribution is 2.20. The number of benzene rings is 1. The van der Waals surface area contributed by atoms with Gasteiger partial charge in [0.05, 0.1) is 23.7 Å². The number of hydrogen-bond acceptors (Lipinski definition) is 5. The van der Waals surface area contributed by atoms with Gasteiger partial charge in [-0.05, 0) is 25.5 Å². The molecule has 2 N–H and O–H groups in total. The van der Waals surface area contributed by atoms with Crippen LogP contribution in [-0.4, -0.2) is 67.1 Å². The first kappa shape index (κ1) is 19.3. The Morgan fingerprint density at radius 3 is 2.89 bits per heavy atom. The van der Waals surface area contributed by atoms with E-state index >= 15 is 0 Å². The molecule has 2 atom stereocenters. The van der Waals surface area contributed by atoms with E-state index in [0.717, 1.165) is 10.9 Å². The molecule has 1 aliphatic heterocycles. The van der Waals surface area contributed by atoms with Gasteiger partial charge in [0.1, 0.15) is 0 Å². The van der Waals surface area contributed by atoms with Gasteiger partial charge in [-0.1, -0.05) is 18.2 Å². The summed E-state index contributed by atoms with van der Waals surface area (Å²) in [6.45, 7) is 4.32. The Balaban J connectivity index is 1.72. The Morgan fingerprint density at radius 1 is 1.30 bits per heavy atom. The van der Waals surface area contributed by atoms with E-state index in [-0.39, 0.29) is 23.9 Å². The summed E-state index contributed by atoms with van der Waals surface area (Å²) in [5.74, 6) is -0.137. The van der Waals surface area contributed by atoms with Gasteiger partial charge in [-0.15, -0.1) is 0 Å². The number of fused-ring (bicyclic) bond motifs is 1. The van der Waals surface area contributed by atoms with Crippen LogP contribution >= 0.6 is 0 Å². The van der Waals surface area contributed by atoms with Gasteiger partial charge in [0, 0.05) is 44.4 Å². The van der Waals surface area contributed by atoms with Crippen LogP contribution in [-0.2, 0) is 9.53 Å². The lowest BCUT2D eigenvalue weighted by atomic mass is 10.1. The van der Waals surface area contributed by atoms with Crippen molar-refractivity contribution in [2.45, 2.75) is 25.4 Å². The predicted octanol–water partition coefficient (Wildman–Crippen LogP) is 1.19. The summed E-state index contributed by atoms with van der Waals surface area (Å²) in [4.78, 5) is 31.6. The summed E-state index contributed by atoms with van der Waals surface area (Å²) in [7, 11) is 1.64. The molecule has 0 aliphatic carbocycles. The molecule has 2 heterocycles. The third kappa shape index (κ3) is 4.43. The molecular weight excluding hydrogens is 344 g/mol. The van der Waals surface area contributed by atoms with Gasteiger partial charge >= 0.3 is 0 Å². The maximum Gasteiger partial charge on any atom is 0.252 e. The van der Waals surface area contributed by atoms with Crippen LogP contribution in [0.5, 0.6) is 0 Å². The SMILES string of the molecule is CCNC(=O)[C@@H]1C[C@H](NC(=O)c2ccnc3ccccc23)CN1CCOC. The zero-order valence-corrected chi connectivity index (χ0v) is 15.8. The number of carbonyl (C=O) groups excluding carboxylic acids is 2. The minimum atomic E-state index is -0.250. The van der Waals surface area contributed by atoms with Crippen molar-refractivity contribution in [3.8, 4) is 0 Å². The molecule has 0 saturated carbocycles. The minimum absolute atomic E-state index is 0.000266. The van der Waals surface area contributed by atoms with E-state index < -0.39 is 0 Å². The molecule has 1 aliphatic rings. The zero-order chi connectivity index (χ0) is 19.2. The quantitative estimate of drug-likeness (QED) is 0.765. The second kappa shape index (κ2) is 8.92. The van der Waals surface area contributed by atoms with Crippen LogP contribution in [0.4, 0.5) is 0 Å². The van der Waals surface area contributed by atoms with Crippen molar-refractivity contribution in [1.82, 2.24) is 20.5 Å². The highest BCUT2D eigenvalue weighted by Gasteiger charge is 2.37. The number of amides is 2. The molecule has 7 nitrogen and oxygen atoms in total. The number of ether oxygens (including phenoxy) is 1. The fourth-order valence-electron chi connectivity index (χ4n) is 3.59. The second-order valence-corrected chi connectivity index (χ2v) is 6.68. The number of methoxy groups -OCH3 is 1. The second-order valence-electron chi connectivity index (χ2n) is 6.68. The van der Waals surface area contributed by atoms with Crippen LogP contribution in [0.3, 0.4) is 0 Å². The van der Waals surface area contributed by atoms with Crippen molar-refractivity contribution in [1.29, 1.82) is 0 Å². The minimum Gasteiger partial charge on any atom is -0.383 e. The standard InChI is InChI=1S/C20H26N4O3/c1-3-21-20(26)18-12-14(13-24(18)10-11-27-2)23-19(25)16-8-9-22-17-7-5-4-6-15(16)17/h4-9,14,18H,3,10-13H2,1-2H3,(H,21,26)(H,23,25)/t14-,18-/m0/s1. The Hall–Kier alpha value is -2.51. The Bertz CT molecular complexity index is 805. The normalized spacial score (nSPS) is 19.9. The molecule has 3 rings (SSSR count). The van der Waals surface area contributed by atoms with Gasteiger partial charge < -0.3 is 15.4 Å². The third-order valence-corrected chi connectivity index (χ3v) is 4.87. The van der Waals surface area contributed by atoms with Gasteiger partial charge in [-0.2, -0.15) is 0 Å². The van der Waals surface area contributed by atoms with Crippen LogP contribution in [0.1, 0.15) is 23.7 Å². The highest BCUT2D eigenvalue weighted by molar-refractivity contribution is 6.06. The molecule has 27 heavy (non-hydrogen) atoms. The van der Waals surface area contributed by atoms with E-state index in [4.69, 9.17) is 4.74 Å². The molecule has 1 saturated heterocycles. The van der Waals surface area contributed by atoms with Gasteiger partial charge in [-0.3, -0.25) is 19.5 Å². The molecule has 1 aromatic carbocycles. The Labute approximate surface area is 159 Å². The van der Waals surface area contributed by atoms with Crippen molar-refractivity contribution in [2.75, 3.05) is 33.4 Å². The summed E-state index contributed by atoms with van der Waals surface area (Å²) < 4.78 is 5.16. The molecule has 1 aromatic heterocycles. The summed E-state index contributed by atoms with van der Waals surface area (Å²) in [5, 5.41) is 6.80. The number of nitrogens with zero attached hydrogens (tertiary/aromatic N) is 2. The van der Waals surface area contributed by atoms with Gasteiger partial charge in [0.25, 0.3) is 5.91 Å². The van der Waals surface area contributed by atoms with Crippen molar-refractivity contribution in [3.05, 3.63) is 42.1 Å². The molecule has 0 radical (unpaired) electrons. The number of carbonyl (C=O) groups is 2. The van der Waals surface area contributed by atoms with Crippen molar-refractivity contribution < 1.29 is 14.3 Å². The number of rotatable bonds is 7. The number of likely N-dealkylation sites (tertiary alicyclic amines) is 1. The van der Waals surface area contributed by atoms with Crippen LogP contribution in [0.25, 0.3) is 10.9 Å². The number of para-hydroxylation sites is 1. The lowest BCUT2D eigenvalue weighted by Gasteiger charge is -2.22. The average Bonchev–Trinajstić information content (AvgIpc) is 3.08. The summed E-state index contributed by atoms with van der Waals surface area (Å²) in [6, 6.07) is 8.98.